The number of aliphatic imine (C=N–C) groups is 1. The summed E-state index contributed by atoms with van der Waals surface area (Å²) in [7, 11) is 1.75. The number of piperazine rings is 1. The van der Waals surface area contributed by atoms with Gasteiger partial charge in [0.1, 0.15) is 0 Å². The second-order valence-corrected chi connectivity index (χ2v) is 7.69. The highest BCUT2D eigenvalue weighted by Crippen LogP contribution is 2.19. The molecule has 2 aliphatic heterocycles. The first-order chi connectivity index (χ1) is 15.0. The zero-order valence-corrected chi connectivity index (χ0v) is 18.2. The second-order valence-electron chi connectivity index (χ2n) is 7.69. The van der Waals surface area contributed by atoms with Gasteiger partial charge in [-0.2, -0.15) is 0 Å². The largest absolute Gasteiger partial charge is 0.466 e. The molecule has 2 N–H and O–H groups in total. The molecule has 2 amide bonds. The molecule has 0 aromatic heterocycles. The molecule has 2 aliphatic rings. The molecule has 0 saturated carbocycles. The van der Waals surface area contributed by atoms with Crippen LogP contribution in [-0.4, -0.2) is 79.9 Å². The lowest BCUT2D eigenvalue weighted by atomic mass is 9.97. The van der Waals surface area contributed by atoms with Crippen molar-refractivity contribution in [3.05, 3.63) is 35.4 Å². The van der Waals surface area contributed by atoms with Crippen molar-refractivity contribution in [2.75, 3.05) is 46.4 Å². The lowest BCUT2D eigenvalue weighted by Crippen LogP contribution is -2.49. The van der Waals surface area contributed by atoms with Crippen LogP contribution in [0, 0.1) is 5.92 Å². The maximum atomic E-state index is 12.6. The maximum Gasteiger partial charge on any atom is 0.309 e. The van der Waals surface area contributed by atoms with Gasteiger partial charge in [0.2, 0.25) is 5.91 Å². The quantitative estimate of drug-likeness (QED) is 0.404. The third kappa shape index (κ3) is 5.96. The number of amides is 2. The fourth-order valence-electron chi connectivity index (χ4n) is 3.86. The Labute approximate surface area is 182 Å². The second kappa shape index (κ2) is 10.8. The molecule has 168 valence electrons. The van der Waals surface area contributed by atoms with Gasteiger partial charge in [-0.05, 0) is 37.5 Å². The van der Waals surface area contributed by atoms with E-state index in [9.17, 15) is 14.4 Å². The lowest BCUT2D eigenvalue weighted by molar-refractivity contribution is -0.149. The highest BCUT2D eigenvalue weighted by Gasteiger charge is 2.27. The number of guanidine groups is 1. The lowest BCUT2D eigenvalue weighted by Gasteiger charge is -2.33. The number of likely N-dealkylation sites (tertiary alicyclic amines) is 1. The van der Waals surface area contributed by atoms with Gasteiger partial charge in [0.15, 0.2) is 5.96 Å². The van der Waals surface area contributed by atoms with Crippen LogP contribution in [0.1, 0.15) is 35.7 Å². The van der Waals surface area contributed by atoms with Crippen LogP contribution >= 0.6 is 0 Å². The van der Waals surface area contributed by atoms with Gasteiger partial charge in [-0.15, -0.1) is 0 Å². The summed E-state index contributed by atoms with van der Waals surface area (Å²) in [5.74, 6) is 0.393. The number of nitrogens with zero attached hydrogens (tertiary/aromatic N) is 3. The SMILES string of the molecule is CCOC(=O)C1CCN(C(=NC)NCc2ccc(C(=O)N3CCNC(=O)C3)cc2)CC1. The Balaban J connectivity index is 1.49. The number of carbonyl (C=O) groups is 3. The Hall–Kier alpha value is -3.10. The van der Waals surface area contributed by atoms with Gasteiger partial charge < -0.3 is 25.2 Å². The molecule has 0 atom stereocenters. The molecule has 9 heteroatoms. The predicted molar refractivity (Wildman–Crippen MR) is 116 cm³/mol. The summed E-state index contributed by atoms with van der Waals surface area (Å²) in [5.41, 5.74) is 1.60. The van der Waals surface area contributed by atoms with Crippen LogP contribution in [0.3, 0.4) is 0 Å². The Kier molecular flexibility index (Phi) is 7.86. The minimum absolute atomic E-state index is 0.0367. The standard InChI is InChI=1S/C22H31N5O4/c1-3-31-21(30)18-8-11-26(12-9-18)22(23-2)25-14-16-4-6-17(7-5-16)20(29)27-13-10-24-19(28)15-27/h4-7,18H,3,8-15H2,1-2H3,(H,23,25)(H,24,28). The smallest absolute Gasteiger partial charge is 0.309 e. The van der Waals surface area contributed by atoms with E-state index in [-0.39, 0.29) is 30.2 Å². The van der Waals surface area contributed by atoms with Crippen LogP contribution in [0.15, 0.2) is 29.3 Å². The summed E-state index contributed by atoms with van der Waals surface area (Å²) in [6.07, 6.45) is 1.51. The molecule has 2 fully saturated rings. The van der Waals surface area contributed by atoms with Crippen LogP contribution in [0.25, 0.3) is 0 Å². The molecule has 0 spiro atoms. The first kappa shape index (κ1) is 22.6. The molecule has 1 aromatic rings. The van der Waals surface area contributed by atoms with Crippen LogP contribution in [0.5, 0.6) is 0 Å². The highest BCUT2D eigenvalue weighted by molar-refractivity contribution is 5.97. The average molecular weight is 430 g/mol. The van der Waals surface area contributed by atoms with Gasteiger partial charge in [-0.3, -0.25) is 19.4 Å². The predicted octanol–water partition coefficient (Wildman–Crippen LogP) is 0.609. The van der Waals surface area contributed by atoms with Crippen LogP contribution in [0.4, 0.5) is 0 Å². The van der Waals surface area contributed by atoms with Crippen molar-refractivity contribution in [3.8, 4) is 0 Å². The number of esters is 1. The molecule has 0 unspecified atom stereocenters. The number of hydrogen-bond donors (Lipinski definition) is 2. The van der Waals surface area contributed by atoms with Crippen LogP contribution in [-0.2, 0) is 20.9 Å². The van der Waals surface area contributed by atoms with Crippen molar-refractivity contribution < 1.29 is 19.1 Å². The van der Waals surface area contributed by atoms with Crippen molar-refractivity contribution in [1.29, 1.82) is 0 Å². The summed E-state index contributed by atoms with van der Waals surface area (Å²) < 4.78 is 5.13. The van der Waals surface area contributed by atoms with E-state index in [1.54, 1.807) is 24.1 Å². The van der Waals surface area contributed by atoms with Crippen molar-refractivity contribution in [3.63, 3.8) is 0 Å². The molecule has 2 heterocycles. The summed E-state index contributed by atoms with van der Waals surface area (Å²) in [5, 5.41) is 6.08. The number of ether oxygens (including phenoxy) is 1. The van der Waals surface area contributed by atoms with Gasteiger partial charge in [0, 0.05) is 45.3 Å². The Morgan fingerprint density at radius 2 is 1.87 bits per heavy atom. The first-order valence-electron chi connectivity index (χ1n) is 10.8. The van der Waals surface area contributed by atoms with Gasteiger partial charge >= 0.3 is 5.97 Å². The summed E-state index contributed by atoms with van der Waals surface area (Å²) in [6.45, 7) is 5.43. The topological polar surface area (TPSA) is 103 Å². The van der Waals surface area contributed by atoms with Crippen LogP contribution < -0.4 is 10.6 Å². The van der Waals surface area contributed by atoms with Gasteiger partial charge in [-0.1, -0.05) is 12.1 Å². The molecule has 31 heavy (non-hydrogen) atoms. The zero-order valence-electron chi connectivity index (χ0n) is 18.2. The number of piperidine rings is 1. The number of hydrogen-bond acceptors (Lipinski definition) is 5. The Bertz CT molecular complexity index is 816. The van der Waals surface area contributed by atoms with Gasteiger partial charge in [0.05, 0.1) is 19.1 Å². The number of rotatable bonds is 5. The molecule has 3 rings (SSSR count). The van der Waals surface area contributed by atoms with E-state index in [0.29, 0.717) is 31.8 Å². The molecular weight excluding hydrogens is 398 g/mol. The van der Waals surface area contributed by atoms with Crippen molar-refractivity contribution in [1.82, 2.24) is 20.4 Å². The number of nitrogens with one attached hydrogen (secondary N) is 2. The third-order valence-electron chi connectivity index (χ3n) is 5.60. The van der Waals surface area contributed by atoms with Gasteiger partial charge in [-0.25, -0.2) is 0 Å². The van der Waals surface area contributed by atoms with E-state index in [1.807, 2.05) is 19.1 Å². The van der Waals surface area contributed by atoms with Crippen molar-refractivity contribution in [2.45, 2.75) is 26.3 Å². The summed E-state index contributed by atoms with van der Waals surface area (Å²) in [6, 6.07) is 7.40. The van der Waals surface area contributed by atoms with E-state index < -0.39 is 0 Å². The monoisotopic (exact) mass is 429 g/mol. The van der Waals surface area contributed by atoms with Gasteiger partial charge in [0.25, 0.3) is 5.91 Å². The molecule has 0 radical (unpaired) electrons. The minimum Gasteiger partial charge on any atom is -0.466 e. The van der Waals surface area contributed by atoms with Crippen molar-refractivity contribution >= 4 is 23.7 Å². The third-order valence-corrected chi connectivity index (χ3v) is 5.60. The zero-order chi connectivity index (χ0) is 22.2. The molecule has 0 aliphatic carbocycles. The average Bonchev–Trinajstić information content (AvgIpc) is 2.80. The van der Waals surface area contributed by atoms with Crippen LogP contribution in [0.2, 0.25) is 0 Å². The first-order valence-corrected chi connectivity index (χ1v) is 10.8. The molecule has 1 aromatic carbocycles. The fraction of sp³-hybridized carbons (Fsp3) is 0.545. The Morgan fingerprint density at radius 1 is 1.16 bits per heavy atom. The summed E-state index contributed by atoms with van der Waals surface area (Å²) >= 11 is 0. The maximum absolute atomic E-state index is 12.6. The molecule has 2 saturated heterocycles. The highest BCUT2D eigenvalue weighted by atomic mass is 16.5. The normalized spacial score (nSPS) is 17.9. The summed E-state index contributed by atoms with van der Waals surface area (Å²) in [4.78, 5) is 44.1. The van der Waals surface area contributed by atoms with E-state index in [1.165, 1.54) is 0 Å². The molecular formula is C22H31N5O4. The van der Waals surface area contributed by atoms with E-state index >= 15 is 0 Å². The van der Waals surface area contributed by atoms with Crippen molar-refractivity contribution in [2.24, 2.45) is 10.9 Å². The molecule has 0 bridgehead atoms. The number of benzene rings is 1. The minimum atomic E-state index is -0.130. The van der Waals surface area contributed by atoms with E-state index in [2.05, 4.69) is 20.5 Å². The van der Waals surface area contributed by atoms with E-state index in [0.717, 1.165) is 37.5 Å². The number of carbonyl (C=O) groups excluding carboxylic acids is 3. The molecule has 9 nitrogen and oxygen atoms in total. The Morgan fingerprint density at radius 3 is 2.48 bits per heavy atom. The van der Waals surface area contributed by atoms with E-state index in [4.69, 9.17) is 4.74 Å². The fourth-order valence-corrected chi connectivity index (χ4v) is 3.86.